The van der Waals surface area contributed by atoms with E-state index in [-0.39, 0.29) is 0 Å². The molecule has 3 heteroatoms. The van der Waals surface area contributed by atoms with Crippen molar-refractivity contribution in [1.82, 2.24) is 5.32 Å². The van der Waals surface area contributed by atoms with E-state index in [1.807, 2.05) is 88.4 Å². The molecule has 1 heterocycles. The lowest BCUT2D eigenvalue weighted by atomic mass is 10.0. The van der Waals surface area contributed by atoms with Crippen molar-refractivity contribution in [3.63, 3.8) is 0 Å². The van der Waals surface area contributed by atoms with Gasteiger partial charge >= 0.3 is 0 Å². The zero-order valence-electron chi connectivity index (χ0n) is 35.2. The zero-order chi connectivity index (χ0) is 39.7. The molecule has 0 amide bonds. The minimum atomic E-state index is 0.892. The van der Waals surface area contributed by atoms with Gasteiger partial charge in [0.15, 0.2) is 0 Å². The lowest BCUT2D eigenvalue weighted by Crippen LogP contribution is -2.09. The first-order chi connectivity index (χ1) is 22.9. The van der Waals surface area contributed by atoms with E-state index in [1.165, 1.54) is 58.0 Å². The lowest BCUT2D eigenvalue weighted by molar-refractivity contribution is 0.795. The van der Waals surface area contributed by atoms with E-state index in [0.29, 0.717) is 0 Å². The van der Waals surface area contributed by atoms with Gasteiger partial charge in [-0.3, -0.25) is 0 Å². The molecule has 1 aliphatic heterocycles. The highest BCUT2D eigenvalue weighted by Gasteiger charge is 2.01. The third kappa shape index (κ3) is 37.2. The van der Waals surface area contributed by atoms with Crippen LogP contribution in [0.15, 0.2) is 104 Å². The fourth-order valence-corrected chi connectivity index (χ4v) is 3.37. The largest absolute Gasteiger partial charge is 0.405 e. The Kier molecular flexibility index (Phi) is 60.3. The average Bonchev–Trinajstić information content (AvgIpc) is 3.12. The maximum Gasteiger partial charge on any atom is 0.0437 e. The average molecular weight is 686 g/mol. The van der Waals surface area contributed by atoms with E-state index in [4.69, 9.17) is 17.3 Å². The fourth-order valence-electron chi connectivity index (χ4n) is 3.16. The first-order valence-corrected chi connectivity index (χ1v) is 18.3. The predicted molar refractivity (Wildman–Crippen MR) is 231 cm³/mol. The van der Waals surface area contributed by atoms with Crippen LogP contribution in [-0.4, -0.2) is 0 Å². The van der Waals surface area contributed by atoms with Crippen molar-refractivity contribution in [3.05, 3.63) is 143 Å². The van der Waals surface area contributed by atoms with Gasteiger partial charge in [0.2, 0.25) is 0 Å². The second-order valence-corrected chi connectivity index (χ2v) is 9.82. The van der Waals surface area contributed by atoms with Crippen LogP contribution >= 0.6 is 11.6 Å². The second kappa shape index (κ2) is 48.2. The first kappa shape index (κ1) is 60.1. The summed E-state index contributed by atoms with van der Waals surface area (Å²) in [6, 6.07) is 10.8. The molecule has 0 aliphatic carbocycles. The Bertz CT molecular complexity index is 1060. The normalized spacial score (nSPS) is 9.69. The maximum absolute atomic E-state index is 5.99. The highest BCUT2D eigenvalue weighted by atomic mass is 35.5. The highest BCUT2D eigenvalue weighted by Crippen LogP contribution is 2.18. The van der Waals surface area contributed by atoms with Crippen molar-refractivity contribution >= 4 is 11.6 Å². The summed E-state index contributed by atoms with van der Waals surface area (Å²) in [6.45, 7) is 50.0. The number of benzene rings is 2. The van der Waals surface area contributed by atoms with Gasteiger partial charge in [0.1, 0.15) is 0 Å². The van der Waals surface area contributed by atoms with Gasteiger partial charge in [0.05, 0.1) is 0 Å². The minimum Gasteiger partial charge on any atom is -0.405 e. The third-order valence-corrected chi connectivity index (χ3v) is 6.36. The molecule has 2 aromatic carbocycles. The molecule has 0 spiro atoms. The van der Waals surface area contributed by atoms with Gasteiger partial charge in [-0.05, 0) is 132 Å². The van der Waals surface area contributed by atoms with Gasteiger partial charge in [-0.2, -0.15) is 0 Å². The Hall–Kier alpha value is -3.23. The molecule has 2 aromatic rings. The zero-order valence-corrected chi connectivity index (χ0v) is 35.9. The number of rotatable bonds is 3. The van der Waals surface area contributed by atoms with Gasteiger partial charge in [-0.1, -0.05) is 129 Å². The standard InChI is InChI=1S/C11H15Cl.C10H14.C8H11N.C3H7N.C3H6.4C2H6.C2H4/c1-3-4-5-10-7-6-9(2)11(12)8-10;1-7-5-8(2)10(4)9(3)6-7;1-6-4-5-9-8(3)7(6)2;1-2-3-4;1-3-2;5*1-2/h6-8H,3-5H2,1-2H3;5-6H,1-4H3;4-5,9H,3H2,1-2H3;2-3H,4H2,1H3;3H,1H2,2H3;4*1-2H3;1-2H2/b;;;3-2-;;;;;;. The quantitative estimate of drug-likeness (QED) is 0.316. The summed E-state index contributed by atoms with van der Waals surface area (Å²) in [4.78, 5) is 0. The monoisotopic (exact) mass is 685 g/mol. The van der Waals surface area contributed by atoms with Crippen LogP contribution in [-0.2, 0) is 6.42 Å². The number of aryl methyl sites for hydroxylation is 5. The van der Waals surface area contributed by atoms with Crippen LogP contribution in [0.2, 0.25) is 5.02 Å². The Labute approximate surface area is 308 Å². The molecule has 0 saturated heterocycles. The molecule has 0 aromatic heterocycles. The van der Waals surface area contributed by atoms with E-state index in [0.717, 1.165) is 22.7 Å². The summed E-state index contributed by atoms with van der Waals surface area (Å²) in [6.07, 6.45) is 12.6. The van der Waals surface area contributed by atoms with Crippen molar-refractivity contribution in [3.8, 4) is 0 Å². The number of nitrogens with two attached hydrogens (primary N) is 1. The van der Waals surface area contributed by atoms with E-state index in [2.05, 4.69) is 110 Å². The van der Waals surface area contributed by atoms with Crippen LogP contribution in [0.5, 0.6) is 0 Å². The van der Waals surface area contributed by atoms with Crippen LogP contribution in [0, 0.1) is 34.6 Å². The number of unbranched alkanes of at least 4 members (excludes halogenated alkanes) is 1. The number of hydrogen-bond donors (Lipinski definition) is 2. The summed E-state index contributed by atoms with van der Waals surface area (Å²) >= 11 is 5.99. The van der Waals surface area contributed by atoms with Gasteiger partial charge in [-0.25, -0.2) is 0 Å². The maximum atomic E-state index is 5.99. The van der Waals surface area contributed by atoms with Crippen LogP contribution in [0.4, 0.5) is 0 Å². The Morgan fingerprint density at radius 3 is 1.50 bits per heavy atom. The molecule has 1 aliphatic rings. The molecular formula is C45H81ClN2. The van der Waals surface area contributed by atoms with Crippen LogP contribution in [0.3, 0.4) is 0 Å². The van der Waals surface area contributed by atoms with Crippen LogP contribution in [0.1, 0.15) is 136 Å². The Balaban J connectivity index is -0.0000000860. The molecule has 0 saturated carbocycles. The van der Waals surface area contributed by atoms with E-state index >= 15 is 0 Å². The van der Waals surface area contributed by atoms with Crippen molar-refractivity contribution < 1.29 is 0 Å². The molecular weight excluding hydrogens is 604 g/mol. The van der Waals surface area contributed by atoms with E-state index < -0.39 is 0 Å². The minimum absolute atomic E-state index is 0.892. The molecule has 0 atom stereocenters. The molecule has 48 heavy (non-hydrogen) atoms. The molecule has 278 valence electrons. The highest BCUT2D eigenvalue weighted by molar-refractivity contribution is 6.31. The summed E-state index contributed by atoms with van der Waals surface area (Å²) in [5.74, 6) is 0. The molecule has 3 N–H and O–H groups in total. The van der Waals surface area contributed by atoms with E-state index in [1.54, 1.807) is 12.2 Å². The van der Waals surface area contributed by atoms with Crippen molar-refractivity contribution in [2.24, 2.45) is 5.73 Å². The molecule has 0 fully saturated rings. The Morgan fingerprint density at radius 2 is 1.19 bits per heavy atom. The molecule has 0 bridgehead atoms. The molecule has 2 nitrogen and oxygen atoms in total. The Morgan fingerprint density at radius 1 is 0.771 bits per heavy atom. The number of dihydropyridines is 1. The van der Waals surface area contributed by atoms with Crippen LogP contribution in [0.25, 0.3) is 0 Å². The fraction of sp³-hybridized carbons (Fsp3) is 0.467. The smallest absolute Gasteiger partial charge is 0.0437 e. The summed E-state index contributed by atoms with van der Waals surface area (Å²) in [7, 11) is 0. The van der Waals surface area contributed by atoms with Gasteiger partial charge in [0.25, 0.3) is 0 Å². The summed E-state index contributed by atoms with van der Waals surface area (Å²) < 4.78 is 0. The predicted octanol–water partition coefficient (Wildman–Crippen LogP) is 15.4. The lowest BCUT2D eigenvalue weighted by Gasteiger charge is -2.12. The van der Waals surface area contributed by atoms with Gasteiger partial charge in [-0.15, -0.1) is 19.7 Å². The van der Waals surface area contributed by atoms with Gasteiger partial charge < -0.3 is 11.1 Å². The molecule has 3 rings (SSSR count). The van der Waals surface area contributed by atoms with Gasteiger partial charge in [0, 0.05) is 16.9 Å². The number of halogens is 1. The first-order valence-electron chi connectivity index (χ1n) is 17.9. The summed E-state index contributed by atoms with van der Waals surface area (Å²) in [5, 5.41) is 3.92. The van der Waals surface area contributed by atoms with Crippen molar-refractivity contribution in [2.45, 2.75) is 144 Å². The van der Waals surface area contributed by atoms with Crippen LogP contribution < -0.4 is 11.1 Å². The number of hydrogen-bond acceptors (Lipinski definition) is 2. The number of allylic oxidation sites excluding steroid dienone is 5. The molecule has 0 unspecified atom stereocenters. The SMILES string of the molecule is C/C=C\N.C=C.C=C1NC=CC(C)=C1C.C=CC.CC.CC.CC.CC.CCCCc1ccc(C)c(Cl)c1.Cc1cc(C)c(C)c(C)c1. The topological polar surface area (TPSA) is 38.0 Å². The van der Waals surface area contributed by atoms with Crippen molar-refractivity contribution in [2.75, 3.05) is 0 Å². The van der Waals surface area contributed by atoms with Crippen molar-refractivity contribution in [1.29, 1.82) is 0 Å². The summed E-state index contributed by atoms with van der Waals surface area (Å²) in [5.41, 5.74) is 16.5. The molecule has 0 radical (unpaired) electrons. The van der Waals surface area contributed by atoms with E-state index in [9.17, 15) is 0 Å². The third-order valence-electron chi connectivity index (χ3n) is 5.95. The number of nitrogens with one attached hydrogen (secondary N) is 1. The second-order valence-electron chi connectivity index (χ2n) is 9.41.